The number of hydrogen-bond acceptors (Lipinski definition) is 4. The third-order valence-corrected chi connectivity index (χ3v) is 1.91. The summed E-state index contributed by atoms with van der Waals surface area (Å²) in [4.78, 5) is 4.18. The Balaban J connectivity index is 2.29. The molecule has 0 aromatic carbocycles. The predicted octanol–water partition coefficient (Wildman–Crippen LogP) is 1.24. The molecule has 4 nitrogen and oxygen atoms in total. The molecule has 4 heteroatoms. The molecule has 0 radical (unpaired) electrons. The van der Waals surface area contributed by atoms with Gasteiger partial charge in [0.05, 0.1) is 13.3 Å². The van der Waals surface area contributed by atoms with E-state index in [0.29, 0.717) is 0 Å². The fraction of sp³-hybridized carbons (Fsp3) is 0.500. The van der Waals surface area contributed by atoms with Crippen LogP contribution in [0.2, 0.25) is 0 Å². The number of pyridine rings is 1. The number of aromatic nitrogens is 1. The Kier molecular flexibility index (Phi) is 4.78. The van der Waals surface area contributed by atoms with Gasteiger partial charge in [0, 0.05) is 6.54 Å². The molecule has 14 heavy (non-hydrogen) atoms. The molecule has 3 N–H and O–H groups in total. The summed E-state index contributed by atoms with van der Waals surface area (Å²) in [5, 5.41) is 3.21. The van der Waals surface area contributed by atoms with E-state index in [1.54, 1.807) is 13.3 Å². The Morgan fingerprint density at radius 1 is 1.43 bits per heavy atom. The van der Waals surface area contributed by atoms with Crippen molar-refractivity contribution in [3.63, 3.8) is 0 Å². The fourth-order valence-electron chi connectivity index (χ4n) is 1.09. The van der Waals surface area contributed by atoms with E-state index in [0.717, 1.165) is 37.5 Å². The highest BCUT2D eigenvalue weighted by Crippen LogP contribution is 2.10. The summed E-state index contributed by atoms with van der Waals surface area (Å²) in [6.45, 7) is 1.66. The van der Waals surface area contributed by atoms with Crippen molar-refractivity contribution < 1.29 is 4.74 Å². The summed E-state index contributed by atoms with van der Waals surface area (Å²) in [6.07, 6.45) is 3.82. The first-order chi connectivity index (χ1) is 6.86. The summed E-state index contributed by atoms with van der Waals surface area (Å²) in [6, 6.07) is 3.79. The largest absolute Gasteiger partial charge is 0.495 e. The quantitative estimate of drug-likeness (QED) is 0.670. The maximum Gasteiger partial charge on any atom is 0.137 e. The molecule has 0 spiro atoms. The predicted molar refractivity (Wildman–Crippen MR) is 57.6 cm³/mol. The minimum atomic E-state index is 0.748. The monoisotopic (exact) mass is 195 g/mol. The van der Waals surface area contributed by atoms with Gasteiger partial charge >= 0.3 is 0 Å². The van der Waals surface area contributed by atoms with Crippen LogP contribution in [0.15, 0.2) is 18.3 Å². The number of anilines is 1. The fourth-order valence-corrected chi connectivity index (χ4v) is 1.09. The van der Waals surface area contributed by atoms with Crippen LogP contribution in [0.1, 0.15) is 12.8 Å². The Morgan fingerprint density at radius 3 is 2.86 bits per heavy atom. The molecule has 0 aliphatic carbocycles. The van der Waals surface area contributed by atoms with Crippen LogP contribution in [0.3, 0.4) is 0 Å². The number of nitrogens with two attached hydrogens (primary N) is 1. The van der Waals surface area contributed by atoms with Crippen molar-refractivity contribution in [2.24, 2.45) is 5.73 Å². The number of nitrogens with zero attached hydrogens (tertiary/aromatic N) is 1. The number of methoxy groups -OCH3 is 1. The average molecular weight is 195 g/mol. The topological polar surface area (TPSA) is 60.2 Å². The first kappa shape index (κ1) is 10.8. The van der Waals surface area contributed by atoms with Gasteiger partial charge in [0.2, 0.25) is 0 Å². The van der Waals surface area contributed by atoms with Gasteiger partial charge in [-0.1, -0.05) is 0 Å². The molecule has 0 saturated heterocycles. The second-order valence-electron chi connectivity index (χ2n) is 3.01. The van der Waals surface area contributed by atoms with E-state index in [1.807, 2.05) is 12.1 Å². The molecule has 78 valence electrons. The molecule has 0 aliphatic rings. The Labute approximate surface area is 84.5 Å². The average Bonchev–Trinajstić information content (AvgIpc) is 2.25. The molecule has 0 atom stereocenters. The maximum absolute atomic E-state index is 5.39. The summed E-state index contributed by atoms with van der Waals surface area (Å²) in [7, 11) is 1.63. The number of rotatable bonds is 6. The first-order valence-electron chi connectivity index (χ1n) is 4.81. The van der Waals surface area contributed by atoms with Crippen LogP contribution in [-0.4, -0.2) is 25.2 Å². The van der Waals surface area contributed by atoms with Crippen LogP contribution in [0.4, 0.5) is 5.82 Å². The normalized spacial score (nSPS) is 9.86. The molecule has 0 bridgehead atoms. The minimum absolute atomic E-state index is 0.748. The smallest absolute Gasteiger partial charge is 0.137 e. The third-order valence-electron chi connectivity index (χ3n) is 1.91. The van der Waals surface area contributed by atoms with Gasteiger partial charge in [-0.15, -0.1) is 0 Å². The lowest BCUT2D eigenvalue weighted by atomic mass is 10.3. The summed E-state index contributed by atoms with van der Waals surface area (Å²) in [5.74, 6) is 1.65. The van der Waals surface area contributed by atoms with Crippen molar-refractivity contribution in [2.75, 3.05) is 25.5 Å². The Morgan fingerprint density at radius 2 is 2.29 bits per heavy atom. The number of unbranched alkanes of at least 4 members (excludes halogenated alkanes) is 1. The van der Waals surface area contributed by atoms with Crippen LogP contribution >= 0.6 is 0 Å². The van der Waals surface area contributed by atoms with Gasteiger partial charge in [0.1, 0.15) is 11.6 Å². The third kappa shape index (κ3) is 3.62. The van der Waals surface area contributed by atoms with E-state index >= 15 is 0 Å². The summed E-state index contributed by atoms with van der Waals surface area (Å²) < 4.78 is 5.01. The molecule has 0 fully saturated rings. The molecule has 0 amide bonds. The second kappa shape index (κ2) is 6.21. The first-order valence-corrected chi connectivity index (χ1v) is 4.81. The highest BCUT2D eigenvalue weighted by molar-refractivity contribution is 5.37. The van der Waals surface area contributed by atoms with E-state index in [9.17, 15) is 0 Å². The zero-order chi connectivity index (χ0) is 10.2. The van der Waals surface area contributed by atoms with Crippen molar-refractivity contribution in [1.82, 2.24) is 4.98 Å². The highest BCUT2D eigenvalue weighted by atomic mass is 16.5. The Bertz CT molecular complexity index is 248. The van der Waals surface area contributed by atoms with Gasteiger partial charge < -0.3 is 15.8 Å². The molecule has 1 heterocycles. The van der Waals surface area contributed by atoms with Crippen molar-refractivity contribution in [3.05, 3.63) is 18.3 Å². The van der Waals surface area contributed by atoms with Crippen LogP contribution in [0, 0.1) is 0 Å². The van der Waals surface area contributed by atoms with Gasteiger partial charge in [-0.2, -0.15) is 0 Å². The number of ether oxygens (including phenoxy) is 1. The molecule has 1 aromatic heterocycles. The van der Waals surface area contributed by atoms with Crippen LogP contribution in [0.5, 0.6) is 5.75 Å². The van der Waals surface area contributed by atoms with Crippen molar-refractivity contribution in [2.45, 2.75) is 12.8 Å². The summed E-state index contributed by atoms with van der Waals surface area (Å²) >= 11 is 0. The van der Waals surface area contributed by atoms with Gasteiger partial charge in [-0.25, -0.2) is 4.98 Å². The lowest BCUT2D eigenvalue weighted by Gasteiger charge is -2.05. The molecular formula is C10H17N3O. The molecule has 0 aliphatic heterocycles. The SMILES string of the molecule is COc1ccc(NCCCCN)nc1. The van der Waals surface area contributed by atoms with Gasteiger partial charge in [0.15, 0.2) is 0 Å². The lowest BCUT2D eigenvalue weighted by Crippen LogP contribution is -2.06. The van der Waals surface area contributed by atoms with Crippen LogP contribution in [-0.2, 0) is 0 Å². The molecule has 0 unspecified atom stereocenters. The van der Waals surface area contributed by atoms with Crippen molar-refractivity contribution >= 4 is 5.82 Å². The van der Waals surface area contributed by atoms with Gasteiger partial charge in [0.25, 0.3) is 0 Å². The van der Waals surface area contributed by atoms with E-state index in [4.69, 9.17) is 10.5 Å². The van der Waals surface area contributed by atoms with E-state index in [1.165, 1.54) is 0 Å². The standard InChI is InChI=1S/C10H17N3O/c1-14-9-4-5-10(13-8-9)12-7-3-2-6-11/h4-5,8H,2-3,6-7,11H2,1H3,(H,12,13). The van der Waals surface area contributed by atoms with Crippen molar-refractivity contribution in [3.8, 4) is 5.75 Å². The Hall–Kier alpha value is -1.29. The maximum atomic E-state index is 5.39. The lowest BCUT2D eigenvalue weighted by molar-refractivity contribution is 0.413. The van der Waals surface area contributed by atoms with Gasteiger partial charge in [-0.05, 0) is 31.5 Å². The number of nitrogens with one attached hydrogen (secondary N) is 1. The van der Waals surface area contributed by atoms with Crippen molar-refractivity contribution in [1.29, 1.82) is 0 Å². The molecule has 1 aromatic rings. The highest BCUT2D eigenvalue weighted by Gasteiger charge is 1.94. The second-order valence-corrected chi connectivity index (χ2v) is 3.01. The van der Waals surface area contributed by atoms with E-state index < -0.39 is 0 Å². The zero-order valence-electron chi connectivity index (χ0n) is 8.49. The molecule has 0 saturated carbocycles. The molecular weight excluding hydrogens is 178 g/mol. The van der Waals surface area contributed by atoms with E-state index in [2.05, 4.69) is 10.3 Å². The van der Waals surface area contributed by atoms with Crippen LogP contribution < -0.4 is 15.8 Å². The van der Waals surface area contributed by atoms with E-state index in [-0.39, 0.29) is 0 Å². The summed E-state index contributed by atoms with van der Waals surface area (Å²) in [5.41, 5.74) is 5.39. The molecule has 1 rings (SSSR count). The number of hydrogen-bond donors (Lipinski definition) is 2. The van der Waals surface area contributed by atoms with Gasteiger partial charge in [-0.3, -0.25) is 0 Å². The minimum Gasteiger partial charge on any atom is -0.495 e. The zero-order valence-corrected chi connectivity index (χ0v) is 8.49. The van der Waals surface area contributed by atoms with Crippen LogP contribution in [0.25, 0.3) is 0 Å².